The molecule has 0 saturated heterocycles. The van der Waals surface area contributed by atoms with E-state index in [4.69, 9.17) is 0 Å². The van der Waals surface area contributed by atoms with Gasteiger partial charge in [-0.05, 0) is 52.9 Å². The first-order chi connectivity index (χ1) is 8.00. The van der Waals surface area contributed by atoms with Gasteiger partial charge >= 0.3 is 0 Å². The molecule has 0 unspecified atom stereocenters. The number of hydrogen-bond donors (Lipinski definition) is 0. The Balaban J connectivity index is 2.47. The second kappa shape index (κ2) is 3.80. The van der Waals surface area contributed by atoms with Gasteiger partial charge in [-0.25, -0.2) is 8.42 Å². The van der Waals surface area contributed by atoms with Gasteiger partial charge in [-0.3, -0.25) is 0 Å². The largest absolute Gasteiger partial charge is 0.218 e. The van der Waals surface area contributed by atoms with E-state index in [0.717, 1.165) is 19.2 Å². The van der Waals surface area contributed by atoms with Crippen LogP contribution in [-0.4, -0.2) is 8.42 Å². The van der Waals surface area contributed by atoms with Crippen molar-refractivity contribution < 1.29 is 8.42 Å². The molecule has 0 saturated carbocycles. The van der Waals surface area contributed by atoms with Gasteiger partial charge in [0, 0.05) is 19.2 Å². The summed E-state index contributed by atoms with van der Waals surface area (Å²) in [5, 5.41) is 0. The molecule has 2 aromatic carbocycles. The highest BCUT2D eigenvalue weighted by Crippen LogP contribution is 2.44. The highest BCUT2D eigenvalue weighted by Gasteiger charge is 2.32. The summed E-state index contributed by atoms with van der Waals surface area (Å²) in [6, 6.07) is 10.8. The molecule has 0 N–H and O–H groups in total. The second-order valence-corrected chi connectivity index (χ2v) is 7.83. The highest BCUT2D eigenvalue weighted by molar-refractivity contribution is 14.1. The Hall–Kier alpha value is -0.400. The van der Waals surface area contributed by atoms with Crippen molar-refractivity contribution >= 4 is 48.4 Å². The summed E-state index contributed by atoms with van der Waals surface area (Å²) in [5.74, 6) is 0. The first-order valence-electron chi connectivity index (χ1n) is 4.85. The van der Waals surface area contributed by atoms with Gasteiger partial charge in [0.1, 0.15) is 0 Å². The maximum absolute atomic E-state index is 12.3. The summed E-state index contributed by atoms with van der Waals surface area (Å²) >= 11 is 5.50. The average molecular weight is 421 g/mol. The summed E-state index contributed by atoms with van der Waals surface area (Å²) in [7, 11) is -3.34. The van der Waals surface area contributed by atoms with Crippen molar-refractivity contribution in [1.29, 1.82) is 0 Å². The summed E-state index contributed by atoms with van der Waals surface area (Å²) < 4.78 is 26.4. The van der Waals surface area contributed by atoms with Gasteiger partial charge in [-0.2, -0.15) is 0 Å². The van der Waals surface area contributed by atoms with E-state index >= 15 is 0 Å². The van der Waals surface area contributed by atoms with Crippen molar-refractivity contribution in [1.82, 2.24) is 0 Å². The number of fused-ring (bicyclic) bond motifs is 3. The molecular formula is C12H6BrIO2S. The lowest BCUT2D eigenvalue weighted by atomic mass is 10.1. The van der Waals surface area contributed by atoms with Crippen molar-refractivity contribution in [2.45, 2.75) is 9.79 Å². The van der Waals surface area contributed by atoms with Crippen LogP contribution in [0.2, 0.25) is 0 Å². The third kappa shape index (κ3) is 1.67. The normalized spacial score (nSPS) is 15.4. The molecule has 3 rings (SSSR count). The van der Waals surface area contributed by atoms with Crippen LogP contribution in [0.15, 0.2) is 50.7 Å². The first kappa shape index (κ1) is 11.7. The Labute approximate surface area is 121 Å². The van der Waals surface area contributed by atoms with Crippen LogP contribution in [0.25, 0.3) is 11.1 Å². The molecule has 5 heteroatoms. The molecule has 0 amide bonds. The fraction of sp³-hybridized carbons (Fsp3) is 0. The molecule has 17 heavy (non-hydrogen) atoms. The SMILES string of the molecule is O=S1(=O)c2ccc(I)cc2-c2ccc(Br)cc21. The van der Waals surface area contributed by atoms with E-state index in [0.29, 0.717) is 9.79 Å². The highest BCUT2D eigenvalue weighted by atomic mass is 127. The standard InChI is InChI=1S/C12H6BrIO2S/c13-7-1-3-9-10-6-8(14)2-4-11(10)17(15,16)12(9)5-7/h1-6H. The van der Waals surface area contributed by atoms with Crippen molar-refractivity contribution in [3.63, 3.8) is 0 Å². The van der Waals surface area contributed by atoms with Gasteiger partial charge in [-0.15, -0.1) is 0 Å². The molecule has 86 valence electrons. The monoisotopic (exact) mass is 420 g/mol. The van der Waals surface area contributed by atoms with E-state index in [1.807, 2.05) is 24.3 Å². The summed E-state index contributed by atoms with van der Waals surface area (Å²) in [4.78, 5) is 0.801. The van der Waals surface area contributed by atoms with E-state index in [-0.39, 0.29) is 0 Å². The molecule has 1 aliphatic rings. The Bertz CT molecular complexity index is 738. The van der Waals surface area contributed by atoms with E-state index in [1.54, 1.807) is 12.1 Å². The summed E-state index contributed by atoms with van der Waals surface area (Å²) in [6.45, 7) is 0. The van der Waals surface area contributed by atoms with Gasteiger partial charge in [0.05, 0.1) is 9.79 Å². The molecule has 0 radical (unpaired) electrons. The van der Waals surface area contributed by atoms with Crippen LogP contribution in [0.1, 0.15) is 0 Å². The predicted molar refractivity (Wildman–Crippen MR) is 77.7 cm³/mol. The van der Waals surface area contributed by atoms with Gasteiger partial charge in [0.15, 0.2) is 0 Å². The fourth-order valence-electron chi connectivity index (χ4n) is 2.01. The molecule has 2 aromatic rings. The zero-order valence-electron chi connectivity index (χ0n) is 8.44. The second-order valence-electron chi connectivity index (χ2n) is 3.78. The van der Waals surface area contributed by atoms with Gasteiger partial charge in [-0.1, -0.05) is 22.0 Å². The van der Waals surface area contributed by atoms with Crippen LogP contribution in [0.5, 0.6) is 0 Å². The Morgan fingerprint density at radius 3 is 2.47 bits per heavy atom. The van der Waals surface area contributed by atoms with Crippen molar-refractivity contribution in [2.24, 2.45) is 0 Å². The average Bonchev–Trinajstić information content (AvgIpc) is 2.48. The molecule has 0 spiro atoms. The minimum absolute atomic E-state index is 0.392. The number of hydrogen-bond acceptors (Lipinski definition) is 2. The smallest absolute Gasteiger partial charge is 0.207 e. The molecule has 1 heterocycles. The van der Waals surface area contributed by atoms with E-state index in [1.165, 1.54) is 0 Å². The molecule has 0 aliphatic carbocycles. The summed E-state index contributed by atoms with van der Waals surface area (Å²) in [6.07, 6.45) is 0. The minimum atomic E-state index is -3.34. The van der Waals surface area contributed by atoms with Gasteiger partial charge < -0.3 is 0 Å². The molecule has 1 aliphatic heterocycles. The van der Waals surface area contributed by atoms with Crippen LogP contribution >= 0.6 is 38.5 Å². The maximum atomic E-state index is 12.3. The number of sulfone groups is 1. The van der Waals surface area contributed by atoms with Crippen molar-refractivity contribution in [3.8, 4) is 11.1 Å². The quantitative estimate of drug-likeness (QED) is 0.517. The lowest BCUT2D eigenvalue weighted by molar-refractivity contribution is 0.598. The molecule has 0 fully saturated rings. The lowest BCUT2D eigenvalue weighted by Gasteiger charge is -1.99. The lowest BCUT2D eigenvalue weighted by Crippen LogP contribution is -1.96. The maximum Gasteiger partial charge on any atom is 0.207 e. The minimum Gasteiger partial charge on any atom is -0.218 e. The topological polar surface area (TPSA) is 34.1 Å². The number of benzene rings is 2. The van der Waals surface area contributed by atoms with Crippen LogP contribution in [0.4, 0.5) is 0 Å². The van der Waals surface area contributed by atoms with Crippen LogP contribution in [0, 0.1) is 3.57 Å². The van der Waals surface area contributed by atoms with Crippen LogP contribution < -0.4 is 0 Å². The Kier molecular flexibility index (Phi) is 2.61. The number of rotatable bonds is 0. The third-order valence-corrected chi connectivity index (χ3v) is 5.77. The Morgan fingerprint density at radius 1 is 0.941 bits per heavy atom. The van der Waals surface area contributed by atoms with Crippen LogP contribution in [-0.2, 0) is 9.84 Å². The van der Waals surface area contributed by atoms with E-state index < -0.39 is 9.84 Å². The van der Waals surface area contributed by atoms with Gasteiger partial charge in [0.25, 0.3) is 0 Å². The first-order valence-corrected chi connectivity index (χ1v) is 8.20. The molecule has 2 nitrogen and oxygen atoms in total. The van der Waals surface area contributed by atoms with E-state index in [2.05, 4.69) is 38.5 Å². The zero-order valence-corrected chi connectivity index (χ0v) is 13.0. The Morgan fingerprint density at radius 2 is 1.71 bits per heavy atom. The fourth-order valence-corrected chi connectivity index (χ4v) is 4.70. The van der Waals surface area contributed by atoms with Gasteiger partial charge in [0.2, 0.25) is 9.84 Å². The summed E-state index contributed by atoms with van der Waals surface area (Å²) in [5.41, 5.74) is 1.60. The molecule has 0 bridgehead atoms. The van der Waals surface area contributed by atoms with Crippen LogP contribution in [0.3, 0.4) is 0 Å². The molecule has 0 aromatic heterocycles. The van der Waals surface area contributed by atoms with Crippen molar-refractivity contribution in [3.05, 3.63) is 44.4 Å². The third-order valence-electron chi connectivity index (χ3n) is 2.75. The molecule has 0 atom stereocenters. The molecular weight excluding hydrogens is 415 g/mol. The number of halogens is 2. The predicted octanol–water partition coefficient (Wildman–Crippen LogP) is 3.87. The van der Waals surface area contributed by atoms with Crippen molar-refractivity contribution in [2.75, 3.05) is 0 Å². The van der Waals surface area contributed by atoms with E-state index in [9.17, 15) is 8.42 Å². The zero-order chi connectivity index (χ0) is 12.2.